The summed E-state index contributed by atoms with van der Waals surface area (Å²) < 4.78 is 0. The summed E-state index contributed by atoms with van der Waals surface area (Å²) in [6, 6.07) is 7.53. The minimum Gasteiger partial charge on any atom is -0.508 e. The van der Waals surface area contributed by atoms with Crippen molar-refractivity contribution >= 4 is 40.5 Å². The van der Waals surface area contributed by atoms with E-state index in [9.17, 15) is 9.90 Å². The summed E-state index contributed by atoms with van der Waals surface area (Å²) in [4.78, 5) is 12.2. The van der Waals surface area contributed by atoms with E-state index in [4.69, 9.17) is 28.9 Å². The number of phenols is 1. The second-order valence-corrected chi connectivity index (χ2v) is 5.06. The van der Waals surface area contributed by atoms with E-state index in [1.165, 1.54) is 18.2 Å². The van der Waals surface area contributed by atoms with Crippen LogP contribution in [0.4, 0.5) is 11.4 Å². The van der Waals surface area contributed by atoms with Gasteiger partial charge in [0.05, 0.1) is 21.3 Å². The number of carbonyl (C=O) groups is 1. The minimum absolute atomic E-state index is 0.0502. The molecule has 2 aromatic rings. The van der Waals surface area contributed by atoms with Crippen LogP contribution in [0, 0.1) is 6.92 Å². The summed E-state index contributed by atoms with van der Waals surface area (Å²) in [5.74, 6) is -0.543. The highest BCUT2D eigenvalue weighted by atomic mass is 35.5. The number of rotatable bonds is 2. The largest absolute Gasteiger partial charge is 0.508 e. The van der Waals surface area contributed by atoms with E-state index in [-0.39, 0.29) is 17.0 Å². The fraction of sp³-hybridized carbons (Fsp3) is 0.0714. The van der Waals surface area contributed by atoms with E-state index >= 15 is 0 Å². The average molecular weight is 311 g/mol. The van der Waals surface area contributed by atoms with Crippen molar-refractivity contribution in [2.45, 2.75) is 6.92 Å². The summed E-state index contributed by atoms with van der Waals surface area (Å²) in [6.07, 6.45) is 0. The molecule has 0 unspecified atom stereocenters. The summed E-state index contributed by atoms with van der Waals surface area (Å²) >= 11 is 12.1. The van der Waals surface area contributed by atoms with Gasteiger partial charge in [-0.1, -0.05) is 29.3 Å². The Morgan fingerprint density at radius 1 is 1.25 bits per heavy atom. The van der Waals surface area contributed by atoms with Crippen molar-refractivity contribution in [3.63, 3.8) is 0 Å². The first-order chi connectivity index (χ1) is 9.40. The monoisotopic (exact) mass is 310 g/mol. The van der Waals surface area contributed by atoms with Gasteiger partial charge >= 0.3 is 0 Å². The van der Waals surface area contributed by atoms with E-state index in [0.717, 1.165) is 5.56 Å². The molecule has 0 atom stereocenters. The Balaban J connectivity index is 2.38. The number of nitrogens with two attached hydrogens (primary N) is 1. The molecule has 2 aromatic carbocycles. The van der Waals surface area contributed by atoms with Crippen molar-refractivity contribution in [2.75, 3.05) is 11.1 Å². The molecule has 4 N–H and O–H groups in total. The van der Waals surface area contributed by atoms with Crippen molar-refractivity contribution in [2.24, 2.45) is 0 Å². The first kappa shape index (κ1) is 14.5. The number of amides is 1. The van der Waals surface area contributed by atoms with Gasteiger partial charge in [0, 0.05) is 5.69 Å². The fourth-order valence-electron chi connectivity index (χ4n) is 1.69. The molecular formula is C14H12Cl2N2O2. The Morgan fingerprint density at radius 3 is 2.65 bits per heavy atom. The van der Waals surface area contributed by atoms with Crippen molar-refractivity contribution < 1.29 is 9.90 Å². The minimum atomic E-state index is -0.493. The maximum Gasteiger partial charge on any atom is 0.257 e. The van der Waals surface area contributed by atoms with Crippen molar-refractivity contribution in [1.82, 2.24) is 0 Å². The molecular weight excluding hydrogens is 299 g/mol. The van der Waals surface area contributed by atoms with Crippen LogP contribution in [0.5, 0.6) is 5.75 Å². The molecule has 0 fully saturated rings. The lowest BCUT2D eigenvalue weighted by Crippen LogP contribution is -2.14. The first-order valence-corrected chi connectivity index (χ1v) is 6.50. The fourth-order valence-corrected chi connectivity index (χ4v) is 2.16. The van der Waals surface area contributed by atoms with Gasteiger partial charge in [0.2, 0.25) is 0 Å². The molecule has 0 heterocycles. The number of benzene rings is 2. The molecule has 20 heavy (non-hydrogen) atoms. The molecule has 2 rings (SSSR count). The molecule has 0 aromatic heterocycles. The third-order valence-corrected chi connectivity index (χ3v) is 3.61. The number of aromatic hydroxyl groups is 1. The van der Waals surface area contributed by atoms with Gasteiger partial charge < -0.3 is 16.2 Å². The van der Waals surface area contributed by atoms with Crippen LogP contribution in [0.1, 0.15) is 15.9 Å². The molecule has 0 radical (unpaired) electrons. The van der Waals surface area contributed by atoms with Gasteiger partial charge in [-0.25, -0.2) is 0 Å². The van der Waals surface area contributed by atoms with E-state index in [1.54, 1.807) is 19.1 Å². The molecule has 0 aliphatic carbocycles. The molecule has 0 bridgehead atoms. The molecule has 0 aliphatic rings. The lowest BCUT2D eigenvalue weighted by molar-refractivity contribution is 0.102. The van der Waals surface area contributed by atoms with Gasteiger partial charge in [-0.15, -0.1) is 0 Å². The Morgan fingerprint density at radius 2 is 1.95 bits per heavy atom. The smallest absolute Gasteiger partial charge is 0.257 e. The lowest BCUT2D eigenvalue weighted by Gasteiger charge is -2.12. The quantitative estimate of drug-likeness (QED) is 0.582. The second kappa shape index (κ2) is 5.61. The Labute approximate surface area is 126 Å². The van der Waals surface area contributed by atoms with Crippen LogP contribution in [-0.4, -0.2) is 11.0 Å². The zero-order chi connectivity index (χ0) is 14.9. The van der Waals surface area contributed by atoms with Gasteiger partial charge in [0.1, 0.15) is 5.75 Å². The van der Waals surface area contributed by atoms with Gasteiger partial charge in [0.15, 0.2) is 0 Å². The zero-order valence-corrected chi connectivity index (χ0v) is 12.1. The van der Waals surface area contributed by atoms with Crippen LogP contribution in [0.2, 0.25) is 10.0 Å². The van der Waals surface area contributed by atoms with Gasteiger partial charge in [-0.3, -0.25) is 4.79 Å². The van der Waals surface area contributed by atoms with Crippen LogP contribution >= 0.6 is 23.2 Å². The highest BCUT2D eigenvalue weighted by Gasteiger charge is 2.15. The first-order valence-electron chi connectivity index (χ1n) is 5.74. The van der Waals surface area contributed by atoms with Crippen LogP contribution in [-0.2, 0) is 0 Å². The van der Waals surface area contributed by atoms with Gasteiger partial charge in [-0.2, -0.15) is 0 Å². The molecule has 4 nitrogen and oxygen atoms in total. The summed E-state index contributed by atoms with van der Waals surface area (Å²) in [5, 5.41) is 12.7. The standard InChI is InChI=1S/C14H12Cl2N2O2/c1-7-2-4-10(15)13(12(7)16)18-14(20)9-6-8(19)3-5-11(9)17/h2-6,19H,17H2,1H3,(H,18,20). The molecule has 104 valence electrons. The maximum atomic E-state index is 12.2. The highest BCUT2D eigenvalue weighted by molar-refractivity contribution is 6.40. The van der Waals surface area contributed by atoms with Crippen molar-refractivity contribution in [1.29, 1.82) is 0 Å². The van der Waals surface area contributed by atoms with E-state index < -0.39 is 5.91 Å². The van der Waals surface area contributed by atoms with Crippen LogP contribution in [0.15, 0.2) is 30.3 Å². The maximum absolute atomic E-state index is 12.2. The SMILES string of the molecule is Cc1ccc(Cl)c(NC(=O)c2cc(O)ccc2N)c1Cl. The molecule has 6 heteroatoms. The van der Waals surface area contributed by atoms with E-state index in [1.807, 2.05) is 0 Å². The average Bonchev–Trinajstić information content (AvgIpc) is 2.41. The van der Waals surface area contributed by atoms with Crippen LogP contribution in [0.25, 0.3) is 0 Å². The van der Waals surface area contributed by atoms with Crippen molar-refractivity contribution in [3.05, 3.63) is 51.5 Å². The summed E-state index contributed by atoms with van der Waals surface area (Å²) in [6.45, 7) is 1.80. The Bertz CT molecular complexity index is 687. The lowest BCUT2D eigenvalue weighted by atomic mass is 10.1. The Kier molecular flexibility index (Phi) is 4.06. The molecule has 0 aliphatic heterocycles. The van der Waals surface area contributed by atoms with Crippen molar-refractivity contribution in [3.8, 4) is 5.75 Å². The Hall–Kier alpha value is -1.91. The third kappa shape index (κ3) is 2.81. The number of carbonyl (C=O) groups excluding carboxylic acids is 1. The van der Waals surface area contributed by atoms with Crippen LogP contribution < -0.4 is 11.1 Å². The number of anilines is 2. The molecule has 0 saturated carbocycles. The number of hydrogen-bond donors (Lipinski definition) is 3. The van der Waals surface area contributed by atoms with E-state index in [2.05, 4.69) is 5.32 Å². The molecule has 0 saturated heterocycles. The summed E-state index contributed by atoms with van der Waals surface area (Å²) in [7, 11) is 0. The third-order valence-electron chi connectivity index (χ3n) is 2.80. The predicted molar refractivity (Wildman–Crippen MR) is 81.7 cm³/mol. The normalized spacial score (nSPS) is 10.3. The summed E-state index contributed by atoms with van der Waals surface area (Å²) in [5.41, 5.74) is 7.22. The number of hydrogen-bond acceptors (Lipinski definition) is 3. The number of nitrogen functional groups attached to an aromatic ring is 1. The number of halogens is 2. The number of phenolic OH excluding ortho intramolecular Hbond substituents is 1. The second-order valence-electron chi connectivity index (χ2n) is 4.28. The van der Waals surface area contributed by atoms with E-state index in [0.29, 0.717) is 15.7 Å². The molecule has 0 spiro atoms. The van der Waals surface area contributed by atoms with Gasteiger partial charge in [-0.05, 0) is 36.8 Å². The highest BCUT2D eigenvalue weighted by Crippen LogP contribution is 2.33. The van der Waals surface area contributed by atoms with Crippen LogP contribution in [0.3, 0.4) is 0 Å². The topological polar surface area (TPSA) is 75.3 Å². The molecule has 1 amide bonds. The zero-order valence-electron chi connectivity index (χ0n) is 10.6. The predicted octanol–water partition coefficient (Wildman–Crippen LogP) is 3.84. The number of aryl methyl sites for hydroxylation is 1. The number of nitrogens with one attached hydrogen (secondary N) is 1. The van der Waals surface area contributed by atoms with Gasteiger partial charge in [0.25, 0.3) is 5.91 Å².